The third-order valence-electron chi connectivity index (χ3n) is 6.39. The average Bonchev–Trinajstić information content (AvgIpc) is 2.75. The van der Waals surface area contributed by atoms with Gasteiger partial charge in [0.1, 0.15) is 0 Å². The van der Waals surface area contributed by atoms with Crippen LogP contribution in [0.5, 0.6) is 0 Å². The highest BCUT2D eigenvalue weighted by atomic mass is 16.3. The molecule has 2 aliphatic rings. The van der Waals surface area contributed by atoms with E-state index in [4.69, 9.17) is 5.11 Å². The van der Waals surface area contributed by atoms with Crippen LogP contribution in [0.3, 0.4) is 0 Å². The molecule has 0 radical (unpaired) electrons. The van der Waals surface area contributed by atoms with Gasteiger partial charge in [-0.1, -0.05) is 42.0 Å². The molecule has 0 bridgehead atoms. The first kappa shape index (κ1) is 19.4. The van der Waals surface area contributed by atoms with Crippen molar-refractivity contribution < 1.29 is 5.11 Å². The van der Waals surface area contributed by atoms with E-state index in [0.717, 1.165) is 51.9 Å². The first-order valence-corrected chi connectivity index (χ1v) is 10.7. The highest BCUT2D eigenvalue weighted by Crippen LogP contribution is 2.27. The minimum atomic E-state index is 0.279. The number of aryl methyl sites for hydroxylation is 1. The predicted molar refractivity (Wildman–Crippen MR) is 117 cm³/mol. The van der Waals surface area contributed by atoms with Crippen LogP contribution < -0.4 is 4.90 Å². The van der Waals surface area contributed by atoms with Gasteiger partial charge in [0.15, 0.2) is 0 Å². The van der Waals surface area contributed by atoms with E-state index in [1.165, 1.54) is 35.2 Å². The molecule has 2 saturated heterocycles. The van der Waals surface area contributed by atoms with Crippen LogP contribution in [0.2, 0.25) is 0 Å². The Balaban J connectivity index is 1.30. The fourth-order valence-electron chi connectivity index (χ4n) is 4.67. The zero-order valence-corrected chi connectivity index (χ0v) is 17.1. The van der Waals surface area contributed by atoms with Crippen LogP contribution in [0.1, 0.15) is 18.4 Å². The van der Waals surface area contributed by atoms with Crippen LogP contribution in [0.4, 0.5) is 5.69 Å². The molecule has 0 aromatic heterocycles. The number of aliphatic hydroxyl groups is 1. The fourth-order valence-corrected chi connectivity index (χ4v) is 4.67. The molecule has 0 atom stereocenters. The van der Waals surface area contributed by atoms with E-state index in [9.17, 15) is 0 Å². The van der Waals surface area contributed by atoms with Crippen molar-refractivity contribution in [3.05, 3.63) is 54.1 Å². The molecule has 2 aromatic rings. The normalized spacial score (nSPS) is 19.9. The van der Waals surface area contributed by atoms with Gasteiger partial charge in [-0.25, -0.2) is 0 Å². The molecule has 150 valence electrons. The van der Waals surface area contributed by atoms with E-state index in [0.29, 0.717) is 0 Å². The summed E-state index contributed by atoms with van der Waals surface area (Å²) in [5.41, 5.74) is 5.25. The lowest BCUT2D eigenvalue weighted by Crippen LogP contribution is -2.53. The number of benzene rings is 2. The number of piperazine rings is 1. The fraction of sp³-hybridized carbons (Fsp3) is 0.500. The number of hydrogen-bond acceptors (Lipinski definition) is 4. The van der Waals surface area contributed by atoms with Crippen LogP contribution in [-0.2, 0) is 0 Å². The summed E-state index contributed by atoms with van der Waals surface area (Å²) in [5.74, 6) is 0. The lowest BCUT2D eigenvalue weighted by atomic mass is 10.00. The van der Waals surface area contributed by atoms with Crippen LogP contribution in [0, 0.1) is 6.92 Å². The SMILES string of the molecule is Cc1cccc(-c2ccc(N3CCC(N4CCN(CCO)CC4)CC3)cc2)c1. The summed E-state index contributed by atoms with van der Waals surface area (Å²) < 4.78 is 0. The van der Waals surface area contributed by atoms with E-state index in [1.54, 1.807) is 0 Å². The van der Waals surface area contributed by atoms with E-state index >= 15 is 0 Å². The molecule has 0 amide bonds. The second-order valence-corrected chi connectivity index (χ2v) is 8.24. The molecule has 4 nitrogen and oxygen atoms in total. The molecule has 4 heteroatoms. The van der Waals surface area contributed by atoms with Gasteiger partial charge in [-0.05, 0) is 43.0 Å². The van der Waals surface area contributed by atoms with Gasteiger partial charge in [-0.3, -0.25) is 9.80 Å². The van der Waals surface area contributed by atoms with E-state index in [1.807, 2.05) is 0 Å². The maximum Gasteiger partial charge on any atom is 0.0558 e. The Hall–Kier alpha value is -1.88. The standard InChI is InChI=1S/C24H33N3O/c1-20-3-2-4-22(19-20)21-5-7-23(8-6-21)26-11-9-24(10-12-26)27-15-13-25(14-16-27)17-18-28/h2-8,19,24,28H,9-18H2,1H3. The summed E-state index contributed by atoms with van der Waals surface area (Å²) in [6, 6.07) is 18.5. The maximum atomic E-state index is 9.10. The lowest BCUT2D eigenvalue weighted by molar-refractivity contribution is 0.0747. The molecule has 0 saturated carbocycles. The van der Waals surface area contributed by atoms with Crippen molar-refractivity contribution in [1.82, 2.24) is 9.80 Å². The largest absolute Gasteiger partial charge is 0.395 e. The van der Waals surface area contributed by atoms with E-state index in [-0.39, 0.29) is 6.61 Å². The van der Waals surface area contributed by atoms with Gasteiger partial charge >= 0.3 is 0 Å². The number of nitrogens with zero attached hydrogens (tertiary/aromatic N) is 3. The van der Waals surface area contributed by atoms with E-state index < -0.39 is 0 Å². The quantitative estimate of drug-likeness (QED) is 0.864. The summed E-state index contributed by atoms with van der Waals surface area (Å²) in [6.45, 7) is 10.0. The van der Waals surface area contributed by atoms with Gasteiger partial charge in [-0.15, -0.1) is 0 Å². The molecule has 2 aromatic carbocycles. The van der Waals surface area contributed by atoms with Gasteiger partial charge in [0.05, 0.1) is 6.61 Å². The number of β-amino-alcohol motifs (C(OH)–C–C–N with tert-alkyl or cyclic N) is 1. The molecule has 2 heterocycles. The molecule has 0 unspecified atom stereocenters. The number of aliphatic hydroxyl groups excluding tert-OH is 1. The molecular weight excluding hydrogens is 346 g/mol. The van der Waals surface area contributed by atoms with Crippen LogP contribution in [-0.4, -0.2) is 73.4 Å². The molecule has 2 aliphatic heterocycles. The monoisotopic (exact) mass is 379 g/mol. The number of anilines is 1. The second-order valence-electron chi connectivity index (χ2n) is 8.24. The van der Waals surface area contributed by atoms with Crippen LogP contribution >= 0.6 is 0 Å². The van der Waals surface area contributed by atoms with Gasteiger partial charge in [0, 0.05) is 57.5 Å². The summed E-state index contributed by atoms with van der Waals surface area (Å²) in [5, 5.41) is 9.10. The Morgan fingerprint density at radius 1 is 0.857 bits per heavy atom. The molecular formula is C24H33N3O. The van der Waals surface area contributed by atoms with Crippen molar-refractivity contribution >= 4 is 5.69 Å². The molecule has 1 N–H and O–H groups in total. The third-order valence-corrected chi connectivity index (χ3v) is 6.39. The van der Waals surface area contributed by atoms with Crippen molar-refractivity contribution in [1.29, 1.82) is 0 Å². The molecule has 28 heavy (non-hydrogen) atoms. The van der Waals surface area contributed by atoms with Crippen molar-refractivity contribution in [2.75, 3.05) is 57.3 Å². The highest BCUT2D eigenvalue weighted by Gasteiger charge is 2.27. The molecule has 0 aliphatic carbocycles. The van der Waals surface area contributed by atoms with Gasteiger partial charge in [0.25, 0.3) is 0 Å². The first-order valence-electron chi connectivity index (χ1n) is 10.7. The minimum absolute atomic E-state index is 0.279. The van der Waals surface area contributed by atoms with Crippen molar-refractivity contribution in [3.8, 4) is 11.1 Å². The Labute approximate surface area is 169 Å². The van der Waals surface area contributed by atoms with Crippen molar-refractivity contribution in [2.24, 2.45) is 0 Å². The summed E-state index contributed by atoms with van der Waals surface area (Å²) in [4.78, 5) is 7.59. The predicted octanol–water partition coefficient (Wildman–Crippen LogP) is 3.24. The Bertz CT molecular complexity index is 745. The summed E-state index contributed by atoms with van der Waals surface area (Å²) >= 11 is 0. The van der Waals surface area contributed by atoms with Crippen molar-refractivity contribution in [3.63, 3.8) is 0 Å². The van der Waals surface area contributed by atoms with E-state index in [2.05, 4.69) is 70.2 Å². The topological polar surface area (TPSA) is 30.0 Å². The van der Waals surface area contributed by atoms with Gasteiger partial charge in [-0.2, -0.15) is 0 Å². The zero-order chi connectivity index (χ0) is 19.3. The highest BCUT2D eigenvalue weighted by molar-refractivity contribution is 5.67. The summed E-state index contributed by atoms with van der Waals surface area (Å²) in [7, 11) is 0. The van der Waals surface area contributed by atoms with Crippen molar-refractivity contribution in [2.45, 2.75) is 25.8 Å². The van der Waals surface area contributed by atoms with Gasteiger partial charge < -0.3 is 10.0 Å². The number of rotatable bonds is 5. The number of piperidine rings is 1. The Kier molecular flexibility index (Phi) is 6.30. The van der Waals surface area contributed by atoms with Crippen LogP contribution in [0.25, 0.3) is 11.1 Å². The Morgan fingerprint density at radius 2 is 1.57 bits per heavy atom. The second kappa shape index (κ2) is 9.08. The third kappa shape index (κ3) is 4.57. The smallest absolute Gasteiger partial charge is 0.0558 e. The zero-order valence-electron chi connectivity index (χ0n) is 17.1. The van der Waals surface area contributed by atoms with Gasteiger partial charge in [0.2, 0.25) is 0 Å². The molecule has 2 fully saturated rings. The Morgan fingerprint density at radius 3 is 2.21 bits per heavy atom. The first-order chi connectivity index (χ1) is 13.7. The number of hydrogen-bond donors (Lipinski definition) is 1. The maximum absolute atomic E-state index is 9.10. The summed E-state index contributed by atoms with van der Waals surface area (Å²) in [6.07, 6.45) is 2.50. The van der Waals surface area contributed by atoms with Crippen LogP contribution in [0.15, 0.2) is 48.5 Å². The molecule has 0 spiro atoms. The average molecular weight is 380 g/mol. The minimum Gasteiger partial charge on any atom is -0.395 e. The molecule has 4 rings (SSSR count). The lowest BCUT2D eigenvalue weighted by Gasteiger charge is -2.43.